The highest BCUT2D eigenvalue weighted by atomic mass is 19.4. The summed E-state index contributed by atoms with van der Waals surface area (Å²) in [7, 11) is 0. The van der Waals surface area contributed by atoms with Gasteiger partial charge in [-0.3, -0.25) is 4.79 Å². The largest absolute Gasteiger partial charge is 0.419 e. The van der Waals surface area contributed by atoms with E-state index in [2.05, 4.69) is 15.5 Å². The van der Waals surface area contributed by atoms with Crippen LogP contribution in [0.5, 0.6) is 0 Å². The minimum atomic E-state index is -4.88. The Hall–Kier alpha value is -2.45. The van der Waals surface area contributed by atoms with E-state index in [9.17, 15) is 22.4 Å². The van der Waals surface area contributed by atoms with Crippen molar-refractivity contribution < 1.29 is 26.9 Å². The van der Waals surface area contributed by atoms with Gasteiger partial charge in [0.2, 0.25) is 5.89 Å². The molecule has 1 heterocycles. The quantitative estimate of drug-likeness (QED) is 0.824. The van der Waals surface area contributed by atoms with E-state index in [1.54, 1.807) is 6.92 Å². The van der Waals surface area contributed by atoms with Crippen LogP contribution in [-0.2, 0) is 11.7 Å². The van der Waals surface area contributed by atoms with Crippen LogP contribution in [0.25, 0.3) is 0 Å². The third-order valence-corrected chi connectivity index (χ3v) is 4.55. The third-order valence-electron chi connectivity index (χ3n) is 4.55. The summed E-state index contributed by atoms with van der Waals surface area (Å²) >= 11 is 0. The number of hydrogen-bond acceptors (Lipinski definition) is 4. The zero-order valence-electron chi connectivity index (χ0n) is 14.0. The number of aryl methyl sites for hydroxylation is 1. The van der Waals surface area contributed by atoms with E-state index in [4.69, 9.17) is 4.52 Å². The zero-order chi connectivity index (χ0) is 18.9. The summed E-state index contributed by atoms with van der Waals surface area (Å²) < 4.78 is 57.1. The number of amides is 1. The first-order chi connectivity index (χ1) is 12.2. The van der Waals surface area contributed by atoms with Gasteiger partial charge in [-0.2, -0.15) is 18.2 Å². The standard InChI is InChI=1S/C17H17F4N3O2/c1-10-22-15(24-26-10)16(7-3-2-4-8-16)23-14(25)11-5-6-13(18)12(9-11)17(19,20)21/h5-6,9H,2-4,7-8H2,1H3,(H,23,25). The second kappa shape index (κ2) is 6.69. The first kappa shape index (κ1) is 18.3. The molecule has 1 aliphatic rings. The molecule has 2 aromatic rings. The number of carbonyl (C=O) groups is 1. The Morgan fingerprint density at radius 1 is 1.23 bits per heavy atom. The van der Waals surface area contributed by atoms with Crippen molar-refractivity contribution in [2.75, 3.05) is 0 Å². The molecule has 0 aliphatic heterocycles. The Morgan fingerprint density at radius 2 is 1.92 bits per heavy atom. The Labute approximate surface area is 146 Å². The molecule has 1 amide bonds. The van der Waals surface area contributed by atoms with E-state index in [0.717, 1.165) is 25.3 Å². The summed E-state index contributed by atoms with van der Waals surface area (Å²) in [5, 5.41) is 6.65. The predicted molar refractivity (Wildman–Crippen MR) is 82.7 cm³/mol. The third kappa shape index (κ3) is 3.56. The van der Waals surface area contributed by atoms with Gasteiger partial charge in [-0.1, -0.05) is 24.4 Å². The van der Waals surface area contributed by atoms with E-state index in [1.165, 1.54) is 0 Å². The minimum Gasteiger partial charge on any atom is -0.340 e. The van der Waals surface area contributed by atoms with Gasteiger partial charge >= 0.3 is 6.18 Å². The lowest BCUT2D eigenvalue weighted by molar-refractivity contribution is -0.140. The molecular weight excluding hydrogens is 354 g/mol. The normalized spacial score (nSPS) is 17.1. The average Bonchev–Trinajstić information content (AvgIpc) is 3.02. The van der Waals surface area contributed by atoms with Crippen molar-refractivity contribution >= 4 is 5.91 Å². The highest BCUT2D eigenvalue weighted by molar-refractivity contribution is 5.95. The van der Waals surface area contributed by atoms with Crippen molar-refractivity contribution in [3.8, 4) is 0 Å². The Bertz CT molecular complexity index is 811. The maximum Gasteiger partial charge on any atom is 0.419 e. The number of aromatic nitrogens is 2. The Kier molecular flexibility index (Phi) is 4.72. The van der Waals surface area contributed by atoms with Crippen LogP contribution in [0.1, 0.15) is 59.7 Å². The van der Waals surface area contributed by atoms with Crippen LogP contribution in [0.15, 0.2) is 22.7 Å². The SMILES string of the molecule is Cc1nc(C2(NC(=O)c3ccc(F)c(C(F)(F)F)c3)CCCCC2)no1. The fourth-order valence-corrected chi connectivity index (χ4v) is 3.23. The summed E-state index contributed by atoms with van der Waals surface area (Å²) in [6.45, 7) is 1.62. The number of rotatable bonds is 3. The maximum atomic E-state index is 13.4. The molecule has 0 bridgehead atoms. The molecule has 5 nitrogen and oxygen atoms in total. The summed E-state index contributed by atoms with van der Waals surface area (Å²) in [4.78, 5) is 16.8. The molecule has 140 valence electrons. The smallest absolute Gasteiger partial charge is 0.340 e. The molecule has 3 rings (SSSR count). The van der Waals surface area contributed by atoms with E-state index in [-0.39, 0.29) is 5.56 Å². The second-order valence-corrected chi connectivity index (χ2v) is 6.43. The summed E-state index contributed by atoms with van der Waals surface area (Å²) in [6.07, 6.45) is -1.19. The predicted octanol–water partition coefficient (Wildman–Crippen LogP) is 4.13. The zero-order valence-corrected chi connectivity index (χ0v) is 14.0. The first-order valence-electron chi connectivity index (χ1n) is 8.21. The molecule has 1 aromatic carbocycles. The van der Waals surface area contributed by atoms with Crippen molar-refractivity contribution in [2.24, 2.45) is 0 Å². The van der Waals surface area contributed by atoms with Gasteiger partial charge < -0.3 is 9.84 Å². The molecular formula is C17H17F4N3O2. The lowest BCUT2D eigenvalue weighted by Crippen LogP contribution is -2.48. The van der Waals surface area contributed by atoms with Crippen molar-refractivity contribution in [1.29, 1.82) is 0 Å². The van der Waals surface area contributed by atoms with Gasteiger partial charge in [0, 0.05) is 12.5 Å². The molecule has 0 saturated heterocycles. The van der Waals surface area contributed by atoms with Crippen molar-refractivity contribution in [3.63, 3.8) is 0 Å². The second-order valence-electron chi connectivity index (χ2n) is 6.43. The molecule has 1 fully saturated rings. The Morgan fingerprint density at radius 3 is 2.50 bits per heavy atom. The molecule has 0 unspecified atom stereocenters. The van der Waals surface area contributed by atoms with Gasteiger partial charge in [-0.15, -0.1) is 0 Å². The maximum absolute atomic E-state index is 13.4. The van der Waals surface area contributed by atoms with Crippen molar-refractivity contribution in [3.05, 3.63) is 46.9 Å². The number of carbonyl (C=O) groups excluding carboxylic acids is 1. The van der Waals surface area contributed by atoms with E-state index in [1.807, 2.05) is 0 Å². The molecule has 26 heavy (non-hydrogen) atoms. The van der Waals surface area contributed by atoms with Crippen LogP contribution >= 0.6 is 0 Å². The lowest BCUT2D eigenvalue weighted by atomic mass is 9.80. The number of alkyl halides is 3. The van der Waals surface area contributed by atoms with Crippen molar-refractivity contribution in [2.45, 2.75) is 50.7 Å². The monoisotopic (exact) mass is 371 g/mol. The van der Waals surface area contributed by atoms with Gasteiger partial charge in [0.1, 0.15) is 11.4 Å². The Balaban J connectivity index is 1.92. The summed E-state index contributed by atoms with van der Waals surface area (Å²) in [6, 6.07) is 2.18. The highest BCUT2D eigenvalue weighted by Crippen LogP contribution is 2.36. The van der Waals surface area contributed by atoms with Crippen LogP contribution < -0.4 is 5.32 Å². The van der Waals surface area contributed by atoms with Gasteiger partial charge in [0.15, 0.2) is 5.82 Å². The van der Waals surface area contributed by atoms with E-state index < -0.39 is 29.0 Å². The number of nitrogens with zero attached hydrogens (tertiary/aromatic N) is 2. The van der Waals surface area contributed by atoms with Crippen LogP contribution in [0, 0.1) is 12.7 Å². The van der Waals surface area contributed by atoms with Gasteiger partial charge in [0.05, 0.1) is 5.56 Å². The molecule has 0 atom stereocenters. The lowest BCUT2D eigenvalue weighted by Gasteiger charge is -2.35. The van der Waals surface area contributed by atoms with Crippen molar-refractivity contribution in [1.82, 2.24) is 15.5 Å². The number of benzene rings is 1. The first-order valence-corrected chi connectivity index (χ1v) is 8.21. The molecule has 1 N–H and O–H groups in total. The van der Waals surface area contributed by atoms with Crippen LogP contribution in [-0.4, -0.2) is 16.0 Å². The number of halogens is 4. The van der Waals surface area contributed by atoms with Crippen LogP contribution in [0.4, 0.5) is 17.6 Å². The van der Waals surface area contributed by atoms with Gasteiger partial charge in [0.25, 0.3) is 5.91 Å². The van der Waals surface area contributed by atoms with Gasteiger partial charge in [-0.25, -0.2) is 4.39 Å². The fourth-order valence-electron chi connectivity index (χ4n) is 3.23. The average molecular weight is 371 g/mol. The minimum absolute atomic E-state index is 0.274. The summed E-state index contributed by atoms with van der Waals surface area (Å²) in [5.74, 6) is -1.52. The van der Waals surface area contributed by atoms with E-state index >= 15 is 0 Å². The van der Waals surface area contributed by atoms with Gasteiger partial charge in [-0.05, 0) is 31.0 Å². The highest BCUT2D eigenvalue weighted by Gasteiger charge is 2.40. The molecule has 0 radical (unpaired) electrons. The fraction of sp³-hybridized carbons (Fsp3) is 0.471. The molecule has 0 spiro atoms. The van der Waals surface area contributed by atoms with Crippen LogP contribution in [0.3, 0.4) is 0 Å². The topological polar surface area (TPSA) is 68.0 Å². The van der Waals surface area contributed by atoms with Crippen LogP contribution in [0.2, 0.25) is 0 Å². The number of nitrogens with one attached hydrogen (secondary N) is 1. The van der Waals surface area contributed by atoms with E-state index in [0.29, 0.717) is 36.7 Å². The molecule has 1 aliphatic carbocycles. The number of hydrogen-bond donors (Lipinski definition) is 1. The summed E-state index contributed by atoms with van der Waals surface area (Å²) in [5.41, 5.74) is -2.65. The molecule has 1 aromatic heterocycles. The molecule has 1 saturated carbocycles. The molecule has 9 heteroatoms.